The van der Waals surface area contributed by atoms with Crippen molar-refractivity contribution in [3.63, 3.8) is 0 Å². The fourth-order valence-electron chi connectivity index (χ4n) is 5.01. The lowest BCUT2D eigenvalue weighted by molar-refractivity contribution is 0.0380. The Morgan fingerprint density at radius 3 is 1.57 bits per heavy atom. The maximum absolute atomic E-state index is 10.5. The van der Waals surface area contributed by atoms with Gasteiger partial charge >= 0.3 is 0 Å². The number of aliphatic hydroxyl groups excluding tert-OH is 1. The average molecular weight is 635 g/mol. The molecule has 0 amide bonds. The Bertz CT molecular complexity index is 1480. The Hall–Kier alpha value is -3.88. The van der Waals surface area contributed by atoms with E-state index in [4.69, 9.17) is 0 Å². The van der Waals surface area contributed by atoms with Crippen molar-refractivity contribution in [1.82, 2.24) is 0 Å². The maximum atomic E-state index is 10.5. The molecule has 0 spiro atoms. The summed E-state index contributed by atoms with van der Waals surface area (Å²) in [6, 6.07) is 0. The second-order valence-corrected chi connectivity index (χ2v) is 14.2. The van der Waals surface area contributed by atoms with Crippen molar-refractivity contribution in [3.8, 4) is 0 Å². The standard InChI is InChI=1S/C45H62O2/c1-34(2)26-29-41(45(11,12)47)30-27-38(6)24-17-23-37(5)22-15-20-35(3)18-13-14-19-36(4)21-16-25-39(7)28-31-43-40(8)32-42(46)33-44(43,9)10/h13-28,30-31,33,41,46-47H,29,32H2,1-12H3/b14-13+,20-15+,21-16+,23-17+,30-27+,31-28+,35-18+,36-19+,37-22+,38-24+,39-25+. The smallest absolute Gasteiger partial charge is 0.0932 e. The second kappa shape index (κ2) is 20.4. The molecule has 0 aromatic rings. The van der Waals surface area contributed by atoms with Crippen LogP contribution in [0.5, 0.6) is 0 Å². The van der Waals surface area contributed by atoms with E-state index < -0.39 is 5.60 Å². The molecule has 0 aromatic carbocycles. The van der Waals surface area contributed by atoms with Gasteiger partial charge in [-0.15, -0.1) is 0 Å². The number of aliphatic hydroxyl groups is 2. The van der Waals surface area contributed by atoms with Gasteiger partial charge in [0, 0.05) is 17.8 Å². The Morgan fingerprint density at radius 1 is 0.723 bits per heavy atom. The first-order chi connectivity index (χ1) is 21.9. The summed E-state index contributed by atoms with van der Waals surface area (Å²) >= 11 is 0. The Kier molecular flexibility index (Phi) is 17.8. The summed E-state index contributed by atoms with van der Waals surface area (Å²) in [6.07, 6.45) is 41.4. The lowest BCUT2D eigenvalue weighted by atomic mass is 9.76. The zero-order chi connectivity index (χ0) is 35.6. The van der Waals surface area contributed by atoms with Gasteiger partial charge < -0.3 is 10.2 Å². The summed E-state index contributed by atoms with van der Waals surface area (Å²) in [5.41, 5.74) is 8.68. The molecule has 0 bridgehead atoms. The minimum absolute atomic E-state index is 0.0724. The Morgan fingerprint density at radius 2 is 1.15 bits per heavy atom. The quantitative estimate of drug-likeness (QED) is 0.139. The van der Waals surface area contributed by atoms with Gasteiger partial charge in [0.15, 0.2) is 0 Å². The van der Waals surface area contributed by atoms with Gasteiger partial charge in [0.1, 0.15) is 0 Å². The zero-order valence-electron chi connectivity index (χ0n) is 31.4. The van der Waals surface area contributed by atoms with Crippen molar-refractivity contribution >= 4 is 0 Å². The first-order valence-corrected chi connectivity index (χ1v) is 16.8. The van der Waals surface area contributed by atoms with E-state index in [0.29, 0.717) is 12.2 Å². The molecule has 0 aromatic heterocycles. The molecule has 2 N–H and O–H groups in total. The van der Waals surface area contributed by atoms with Crippen molar-refractivity contribution in [2.24, 2.45) is 11.3 Å². The highest BCUT2D eigenvalue weighted by Crippen LogP contribution is 2.38. The van der Waals surface area contributed by atoms with E-state index in [9.17, 15) is 10.2 Å². The van der Waals surface area contributed by atoms with E-state index >= 15 is 0 Å². The van der Waals surface area contributed by atoms with Gasteiger partial charge in [-0.25, -0.2) is 0 Å². The zero-order valence-corrected chi connectivity index (χ0v) is 31.4. The monoisotopic (exact) mass is 634 g/mol. The number of hydrogen-bond donors (Lipinski definition) is 2. The number of rotatable bonds is 15. The molecule has 1 rings (SSSR count). The molecule has 2 nitrogen and oxygen atoms in total. The van der Waals surface area contributed by atoms with Crippen LogP contribution in [0.2, 0.25) is 0 Å². The predicted octanol–water partition coefficient (Wildman–Crippen LogP) is 13.0. The van der Waals surface area contributed by atoms with Gasteiger partial charge in [-0.05, 0) is 87.3 Å². The molecule has 0 fully saturated rings. The van der Waals surface area contributed by atoms with Gasteiger partial charge in [0.2, 0.25) is 0 Å². The maximum Gasteiger partial charge on any atom is 0.0932 e. The van der Waals surface area contributed by atoms with Crippen LogP contribution >= 0.6 is 0 Å². The molecule has 1 aliphatic carbocycles. The summed E-state index contributed by atoms with van der Waals surface area (Å²) in [4.78, 5) is 0. The van der Waals surface area contributed by atoms with Gasteiger partial charge in [0.25, 0.3) is 0 Å². The van der Waals surface area contributed by atoms with Gasteiger partial charge in [-0.1, -0.05) is 162 Å². The fraction of sp³-hybridized carbons (Fsp3) is 0.378. The largest absolute Gasteiger partial charge is 0.512 e. The molecule has 47 heavy (non-hydrogen) atoms. The Labute approximate surface area is 288 Å². The molecular weight excluding hydrogens is 572 g/mol. The summed E-state index contributed by atoms with van der Waals surface area (Å²) in [7, 11) is 0. The molecule has 1 atom stereocenters. The molecule has 1 aliphatic rings. The molecule has 0 saturated heterocycles. The van der Waals surface area contributed by atoms with Crippen LogP contribution in [-0.2, 0) is 0 Å². The van der Waals surface area contributed by atoms with E-state index in [1.54, 1.807) is 0 Å². The van der Waals surface area contributed by atoms with Crippen molar-refractivity contribution in [2.45, 2.75) is 102 Å². The molecule has 0 radical (unpaired) electrons. The summed E-state index contributed by atoms with van der Waals surface area (Å²) < 4.78 is 0. The van der Waals surface area contributed by atoms with Gasteiger partial charge in [-0.2, -0.15) is 0 Å². The van der Waals surface area contributed by atoms with Gasteiger partial charge in [-0.3, -0.25) is 0 Å². The van der Waals surface area contributed by atoms with Crippen LogP contribution in [0.3, 0.4) is 0 Å². The van der Waals surface area contributed by atoms with Crippen LogP contribution in [0, 0.1) is 11.3 Å². The molecular formula is C45H62O2. The molecule has 254 valence electrons. The number of allylic oxidation sites excluding steroid dienone is 26. The average Bonchev–Trinajstić information content (AvgIpc) is 2.93. The van der Waals surface area contributed by atoms with Crippen molar-refractivity contribution in [1.29, 1.82) is 0 Å². The van der Waals surface area contributed by atoms with Crippen LogP contribution in [0.1, 0.15) is 95.9 Å². The lowest BCUT2D eigenvalue weighted by Gasteiger charge is -2.29. The molecule has 0 aliphatic heterocycles. The van der Waals surface area contributed by atoms with Crippen LogP contribution in [-0.4, -0.2) is 15.8 Å². The second-order valence-electron chi connectivity index (χ2n) is 14.2. The highest BCUT2D eigenvalue weighted by Gasteiger charge is 2.26. The first kappa shape index (κ1) is 41.1. The van der Waals surface area contributed by atoms with Crippen LogP contribution < -0.4 is 0 Å². The SMILES string of the molecule is CC(C)=CCC(/C=C/C(C)=C/C=C/C(C)=C/C=C/C(C)=C/C=C/C=C(C)/C=C/C=C(C)/C=C/C1=C(C)CC(O)=CC1(C)C)C(C)(C)O. The van der Waals surface area contributed by atoms with Crippen molar-refractivity contribution in [2.75, 3.05) is 0 Å². The van der Waals surface area contributed by atoms with Crippen molar-refractivity contribution in [3.05, 3.63) is 166 Å². The fourth-order valence-corrected chi connectivity index (χ4v) is 5.01. The van der Waals surface area contributed by atoms with Crippen LogP contribution in [0.15, 0.2) is 166 Å². The van der Waals surface area contributed by atoms with E-state index in [-0.39, 0.29) is 11.3 Å². The minimum atomic E-state index is -0.758. The highest BCUT2D eigenvalue weighted by molar-refractivity contribution is 5.42. The lowest BCUT2D eigenvalue weighted by Crippen LogP contribution is -2.29. The number of hydrogen-bond acceptors (Lipinski definition) is 2. The topological polar surface area (TPSA) is 40.5 Å². The third kappa shape index (κ3) is 18.1. The van der Waals surface area contributed by atoms with E-state index in [2.05, 4.69) is 179 Å². The Balaban J connectivity index is 2.67. The summed E-state index contributed by atoms with van der Waals surface area (Å²) in [5.74, 6) is 0.533. The third-order valence-electron chi connectivity index (χ3n) is 7.90. The molecule has 1 unspecified atom stereocenters. The normalized spacial score (nSPS) is 18.7. The minimum Gasteiger partial charge on any atom is -0.512 e. The molecule has 0 saturated carbocycles. The van der Waals surface area contributed by atoms with E-state index in [0.717, 1.165) is 12.0 Å². The summed E-state index contributed by atoms with van der Waals surface area (Å²) in [5, 5.41) is 20.5. The molecule has 2 heteroatoms. The molecule has 0 heterocycles. The third-order valence-corrected chi connectivity index (χ3v) is 7.90. The van der Waals surface area contributed by atoms with E-state index in [1.807, 2.05) is 19.9 Å². The predicted molar refractivity (Wildman–Crippen MR) is 209 cm³/mol. The van der Waals surface area contributed by atoms with E-state index in [1.165, 1.54) is 39.0 Å². The highest BCUT2D eigenvalue weighted by atomic mass is 16.3. The van der Waals surface area contributed by atoms with Crippen LogP contribution in [0.4, 0.5) is 0 Å². The summed E-state index contributed by atoms with van der Waals surface area (Å²) in [6.45, 7) is 24.8. The van der Waals surface area contributed by atoms with Crippen LogP contribution in [0.25, 0.3) is 0 Å². The first-order valence-electron chi connectivity index (χ1n) is 16.8. The van der Waals surface area contributed by atoms with Gasteiger partial charge in [0.05, 0.1) is 11.4 Å². The van der Waals surface area contributed by atoms with Crippen molar-refractivity contribution < 1.29 is 10.2 Å².